The highest BCUT2D eigenvalue weighted by Gasteiger charge is 2.13. The van der Waals surface area contributed by atoms with Crippen LogP contribution in [0.2, 0.25) is 0 Å². The molecule has 0 bridgehead atoms. The number of pyridine rings is 1. The van der Waals surface area contributed by atoms with E-state index in [9.17, 15) is 4.79 Å². The minimum Gasteiger partial charge on any atom is -0.463 e. The number of hydrogen-bond donors (Lipinski definition) is 1. The summed E-state index contributed by atoms with van der Waals surface area (Å²) in [6.45, 7) is 2.09. The zero-order chi connectivity index (χ0) is 14.5. The quantitative estimate of drug-likeness (QED) is 0.823. The second kappa shape index (κ2) is 6.25. The van der Waals surface area contributed by atoms with Crippen LogP contribution in [-0.4, -0.2) is 39.9 Å². The van der Waals surface area contributed by atoms with E-state index in [2.05, 4.69) is 32.0 Å². The number of rotatable bonds is 5. The maximum absolute atomic E-state index is 11.3. The molecule has 0 aliphatic rings. The molecule has 7 nitrogen and oxygen atoms in total. The Hall–Kier alpha value is -2.28. The molecule has 2 heterocycles. The Morgan fingerprint density at radius 1 is 1.45 bits per heavy atom. The number of nitrogens with one attached hydrogen (secondary N) is 1. The van der Waals surface area contributed by atoms with Gasteiger partial charge in [-0.25, -0.2) is 14.5 Å². The zero-order valence-electron chi connectivity index (χ0n) is 11.7. The summed E-state index contributed by atoms with van der Waals surface area (Å²) in [5, 5.41) is 7.24. The highest BCUT2D eigenvalue weighted by Crippen LogP contribution is 2.14. The standard InChI is InChI=1S/C13H17N5O2/c1-4-10(14-2)11-6-5-9(7-15-11)18-8-16-12(17-18)13(19)20-3/h5-8,10,14H,4H2,1-3H3. The molecule has 0 aromatic carbocycles. The third-order valence-electron chi connectivity index (χ3n) is 3.01. The van der Waals surface area contributed by atoms with Crippen LogP contribution in [0.4, 0.5) is 0 Å². The molecule has 1 unspecified atom stereocenters. The number of methoxy groups -OCH3 is 1. The lowest BCUT2D eigenvalue weighted by atomic mass is 10.1. The van der Waals surface area contributed by atoms with Crippen LogP contribution in [0.15, 0.2) is 24.7 Å². The summed E-state index contributed by atoms with van der Waals surface area (Å²) in [4.78, 5) is 19.6. The summed E-state index contributed by atoms with van der Waals surface area (Å²) in [5.74, 6) is -0.534. The predicted octanol–water partition coefficient (Wildman–Crippen LogP) is 1.12. The molecule has 0 radical (unpaired) electrons. The van der Waals surface area contributed by atoms with Crippen LogP contribution in [0.1, 0.15) is 35.7 Å². The molecule has 2 aromatic rings. The fraction of sp³-hybridized carbons (Fsp3) is 0.385. The van der Waals surface area contributed by atoms with Crippen LogP contribution in [0.3, 0.4) is 0 Å². The molecule has 1 N–H and O–H groups in total. The van der Waals surface area contributed by atoms with Gasteiger partial charge in [-0.05, 0) is 25.6 Å². The molecular weight excluding hydrogens is 258 g/mol. The Balaban J connectivity index is 2.21. The van der Waals surface area contributed by atoms with Crippen LogP contribution in [-0.2, 0) is 4.74 Å². The van der Waals surface area contributed by atoms with Gasteiger partial charge in [0.2, 0.25) is 0 Å². The topological polar surface area (TPSA) is 81.9 Å². The molecule has 2 aromatic heterocycles. The number of ether oxygens (including phenoxy) is 1. The lowest BCUT2D eigenvalue weighted by Crippen LogP contribution is -2.16. The summed E-state index contributed by atoms with van der Waals surface area (Å²) in [6.07, 6.45) is 4.11. The van der Waals surface area contributed by atoms with Crippen LogP contribution < -0.4 is 5.32 Å². The van der Waals surface area contributed by atoms with Gasteiger partial charge in [-0.1, -0.05) is 6.92 Å². The SMILES string of the molecule is CCC(NC)c1ccc(-n2cnc(C(=O)OC)n2)cn1. The Kier molecular flexibility index (Phi) is 4.41. The number of carbonyl (C=O) groups is 1. The van der Waals surface area contributed by atoms with Gasteiger partial charge < -0.3 is 10.1 Å². The van der Waals surface area contributed by atoms with Crippen molar-refractivity contribution in [2.24, 2.45) is 0 Å². The van der Waals surface area contributed by atoms with Gasteiger partial charge >= 0.3 is 5.97 Å². The Bertz CT molecular complexity index is 575. The van der Waals surface area contributed by atoms with E-state index in [0.29, 0.717) is 0 Å². The van der Waals surface area contributed by atoms with Crippen molar-refractivity contribution < 1.29 is 9.53 Å². The monoisotopic (exact) mass is 275 g/mol. The molecule has 0 aliphatic carbocycles. The van der Waals surface area contributed by atoms with Gasteiger partial charge in [0.15, 0.2) is 0 Å². The maximum Gasteiger partial charge on any atom is 0.377 e. The smallest absolute Gasteiger partial charge is 0.377 e. The first-order valence-electron chi connectivity index (χ1n) is 6.33. The Morgan fingerprint density at radius 3 is 2.80 bits per heavy atom. The maximum atomic E-state index is 11.3. The first-order chi connectivity index (χ1) is 9.69. The molecule has 0 fully saturated rings. The van der Waals surface area contributed by atoms with E-state index in [1.807, 2.05) is 19.2 Å². The normalized spacial score (nSPS) is 12.2. The average Bonchev–Trinajstić information content (AvgIpc) is 2.98. The Labute approximate surface area is 117 Å². The van der Waals surface area contributed by atoms with Gasteiger partial charge in [-0.3, -0.25) is 4.98 Å². The van der Waals surface area contributed by atoms with Crippen molar-refractivity contribution in [3.8, 4) is 5.69 Å². The van der Waals surface area contributed by atoms with Crippen LogP contribution >= 0.6 is 0 Å². The van der Waals surface area contributed by atoms with Crippen molar-refractivity contribution in [2.75, 3.05) is 14.2 Å². The molecule has 0 aliphatic heterocycles. The number of nitrogens with zero attached hydrogens (tertiary/aromatic N) is 4. The summed E-state index contributed by atoms with van der Waals surface area (Å²) in [7, 11) is 3.20. The van der Waals surface area contributed by atoms with Gasteiger partial charge in [0.25, 0.3) is 5.82 Å². The van der Waals surface area contributed by atoms with Crippen molar-refractivity contribution in [2.45, 2.75) is 19.4 Å². The molecule has 106 valence electrons. The summed E-state index contributed by atoms with van der Waals surface area (Å²) in [6, 6.07) is 4.04. The second-order valence-corrected chi connectivity index (χ2v) is 4.20. The largest absolute Gasteiger partial charge is 0.463 e. The number of hydrogen-bond acceptors (Lipinski definition) is 6. The van der Waals surface area contributed by atoms with Crippen LogP contribution in [0.25, 0.3) is 5.69 Å². The van der Waals surface area contributed by atoms with Crippen LogP contribution in [0.5, 0.6) is 0 Å². The molecule has 1 atom stereocenters. The third-order valence-corrected chi connectivity index (χ3v) is 3.01. The van der Waals surface area contributed by atoms with E-state index >= 15 is 0 Å². The minimum absolute atomic E-state index is 0.0261. The molecule has 7 heteroatoms. The molecule has 0 saturated carbocycles. The molecular formula is C13H17N5O2. The molecule has 0 amide bonds. The number of esters is 1. The third kappa shape index (κ3) is 2.83. The first kappa shape index (κ1) is 14.1. The van der Waals surface area contributed by atoms with Crippen molar-refractivity contribution in [3.05, 3.63) is 36.2 Å². The molecule has 0 saturated heterocycles. The van der Waals surface area contributed by atoms with Crippen molar-refractivity contribution in [1.29, 1.82) is 0 Å². The van der Waals surface area contributed by atoms with E-state index in [0.717, 1.165) is 17.8 Å². The number of aromatic nitrogens is 4. The summed E-state index contributed by atoms with van der Waals surface area (Å²) >= 11 is 0. The van der Waals surface area contributed by atoms with Gasteiger partial charge in [-0.15, -0.1) is 5.10 Å². The summed E-state index contributed by atoms with van der Waals surface area (Å²) < 4.78 is 6.05. The fourth-order valence-corrected chi connectivity index (χ4v) is 1.87. The molecule has 20 heavy (non-hydrogen) atoms. The fourth-order valence-electron chi connectivity index (χ4n) is 1.87. The Morgan fingerprint density at radius 2 is 2.25 bits per heavy atom. The van der Waals surface area contributed by atoms with Gasteiger partial charge in [0.1, 0.15) is 6.33 Å². The van der Waals surface area contributed by atoms with Gasteiger partial charge in [0.05, 0.1) is 24.7 Å². The second-order valence-electron chi connectivity index (χ2n) is 4.20. The van der Waals surface area contributed by atoms with E-state index in [1.165, 1.54) is 18.1 Å². The van der Waals surface area contributed by atoms with E-state index in [-0.39, 0.29) is 11.9 Å². The summed E-state index contributed by atoms with van der Waals surface area (Å²) in [5.41, 5.74) is 1.70. The molecule has 2 rings (SSSR count). The minimum atomic E-state index is -0.561. The average molecular weight is 275 g/mol. The predicted molar refractivity (Wildman–Crippen MR) is 72.6 cm³/mol. The highest BCUT2D eigenvalue weighted by atomic mass is 16.5. The van der Waals surface area contributed by atoms with Crippen LogP contribution in [0, 0.1) is 0 Å². The lowest BCUT2D eigenvalue weighted by molar-refractivity contribution is 0.0587. The first-order valence-corrected chi connectivity index (χ1v) is 6.33. The van der Waals surface area contributed by atoms with Crippen molar-refractivity contribution in [3.63, 3.8) is 0 Å². The highest BCUT2D eigenvalue weighted by molar-refractivity contribution is 5.84. The zero-order valence-corrected chi connectivity index (χ0v) is 11.7. The van der Waals surface area contributed by atoms with E-state index < -0.39 is 5.97 Å². The lowest BCUT2D eigenvalue weighted by Gasteiger charge is -2.13. The number of carbonyl (C=O) groups excluding carboxylic acids is 1. The van der Waals surface area contributed by atoms with E-state index in [4.69, 9.17) is 0 Å². The van der Waals surface area contributed by atoms with Crippen molar-refractivity contribution in [1.82, 2.24) is 25.1 Å². The molecule has 0 spiro atoms. The van der Waals surface area contributed by atoms with E-state index in [1.54, 1.807) is 6.20 Å². The van der Waals surface area contributed by atoms with Gasteiger partial charge in [-0.2, -0.15) is 0 Å². The van der Waals surface area contributed by atoms with Gasteiger partial charge in [0, 0.05) is 6.04 Å². The van der Waals surface area contributed by atoms with Crippen molar-refractivity contribution >= 4 is 5.97 Å².